The van der Waals surface area contributed by atoms with E-state index < -0.39 is 0 Å². The van der Waals surface area contributed by atoms with Crippen LogP contribution < -0.4 is 11.1 Å². The van der Waals surface area contributed by atoms with Gasteiger partial charge < -0.3 is 11.1 Å². The van der Waals surface area contributed by atoms with E-state index in [0.29, 0.717) is 4.99 Å². The fourth-order valence-corrected chi connectivity index (χ4v) is 3.61. The van der Waals surface area contributed by atoms with Crippen molar-refractivity contribution >= 4 is 34.4 Å². The van der Waals surface area contributed by atoms with Crippen LogP contribution in [-0.2, 0) is 12.8 Å². The van der Waals surface area contributed by atoms with Gasteiger partial charge in [0, 0.05) is 17.3 Å². The average molecular weight is 318 g/mol. The molecule has 4 nitrogen and oxygen atoms in total. The molecule has 1 atom stereocenters. The molecule has 1 aliphatic carbocycles. The number of anilines is 1. The first-order valence-corrected chi connectivity index (χ1v) is 8.46. The van der Waals surface area contributed by atoms with E-state index >= 15 is 0 Å². The van der Waals surface area contributed by atoms with Crippen LogP contribution in [0.2, 0.25) is 0 Å². The van der Waals surface area contributed by atoms with Crippen LogP contribution in [0.3, 0.4) is 0 Å². The van der Waals surface area contributed by atoms with Crippen molar-refractivity contribution in [1.82, 2.24) is 9.97 Å². The van der Waals surface area contributed by atoms with Crippen molar-refractivity contribution < 1.29 is 0 Å². The molecule has 2 heterocycles. The molecule has 6 heteroatoms. The number of rotatable bonds is 5. The second-order valence-electron chi connectivity index (χ2n) is 5.18. The Balaban J connectivity index is 1.95. The highest BCUT2D eigenvalue weighted by atomic mass is 32.1. The number of pyridine rings is 1. The first-order chi connectivity index (χ1) is 10.2. The van der Waals surface area contributed by atoms with E-state index in [2.05, 4.69) is 23.3 Å². The summed E-state index contributed by atoms with van der Waals surface area (Å²) in [7, 11) is 0. The summed E-state index contributed by atoms with van der Waals surface area (Å²) in [6.45, 7) is 2.13. The Hall–Kier alpha value is -1.53. The summed E-state index contributed by atoms with van der Waals surface area (Å²) < 4.78 is 0. The number of hydrogen-bond donors (Lipinski definition) is 2. The van der Waals surface area contributed by atoms with E-state index in [0.717, 1.165) is 42.1 Å². The number of hydrogen-bond acceptors (Lipinski definition) is 5. The zero-order valence-corrected chi connectivity index (χ0v) is 13.6. The molecule has 3 N–H and O–H groups in total. The van der Waals surface area contributed by atoms with Gasteiger partial charge in [-0.3, -0.25) is 0 Å². The van der Waals surface area contributed by atoms with Crippen LogP contribution in [0.15, 0.2) is 17.6 Å². The van der Waals surface area contributed by atoms with E-state index in [1.807, 2.05) is 11.6 Å². The highest BCUT2D eigenvalue weighted by Gasteiger charge is 2.20. The van der Waals surface area contributed by atoms with Crippen LogP contribution in [0.1, 0.15) is 47.6 Å². The summed E-state index contributed by atoms with van der Waals surface area (Å²) in [6, 6.07) is 2.25. The molecule has 0 radical (unpaired) electrons. The zero-order valence-electron chi connectivity index (χ0n) is 11.9. The van der Waals surface area contributed by atoms with Crippen LogP contribution in [0.4, 0.5) is 5.82 Å². The standard InChI is InChI=1S/C15H18N4S2/c1-2-11(15-17-6-7-21-15)18-14-10(13(16)20)8-9-4-3-5-12(9)19-14/h6-8,11H,2-5H2,1H3,(H2,16,20)(H,18,19). The van der Waals surface area contributed by atoms with Gasteiger partial charge in [-0.2, -0.15) is 0 Å². The summed E-state index contributed by atoms with van der Waals surface area (Å²) >= 11 is 6.84. The Kier molecular flexibility index (Phi) is 4.17. The molecule has 110 valence electrons. The molecule has 0 spiro atoms. The quantitative estimate of drug-likeness (QED) is 0.829. The monoisotopic (exact) mass is 318 g/mol. The Morgan fingerprint density at radius 1 is 1.52 bits per heavy atom. The first-order valence-electron chi connectivity index (χ1n) is 7.17. The number of aryl methyl sites for hydroxylation is 2. The lowest BCUT2D eigenvalue weighted by molar-refractivity contribution is 0.736. The molecule has 2 aromatic heterocycles. The lowest BCUT2D eigenvalue weighted by Crippen LogP contribution is -2.18. The number of thiazole rings is 1. The van der Waals surface area contributed by atoms with Crippen molar-refractivity contribution in [2.45, 2.75) is 38.6 Å². The lowest BCUT2D eigenvalue weighted by Gasteiger charge is -2.18. The van der Waals surface area contributed by atoms with E-state index in [4.69, 9.17) is 22.9 Å². The summed E-state index contributed by atoms with van der Waals surface area (Å²) in [5.41, 5.74) is 9.19. The van der Waals surface area contributed by atoms with Crippen molar-refractivity contribution in [3.63, 3.8) is 0 Å². The second-order valence-corrected chi connectivity index (χ2v) is 6.55. The molecule has 0 saturated carbocycles. The smallest absolute Gasteiger partial charge is 0.137 e. The summed E-state index contributed by atoms with van der Waals surface area (Å²) in [5, 5.41) is 6.53. The van der Waals surface area contributed by atoms with Crippen LogP contribution in [-0.4, -0.2) is 15.0 Å². The molecular formula is C15H18N4S2. The Bertz CT molecular complexity index is 652. The molecule has 0 fully saturated rings. The van der Waals surface area contributed by atoms with E-state index in [-0.39, 0.29) is 6.04 Å². The second kappa shape index (κ2) is 6.07. The Morgan fingerprint density at radius 2 is 2.38 bits per heavy atom. The number of nitrogens with zero attached hydrogens (tertiary/aromatic N) is 2. The number of nitrogens with two attached hydrogens (primary N) is 1. The zero-order chi connectivity index (χ0) is 14.8. The van der Waals surface area contributed by atoms with Gasteiger partial charge >= 0.3 is 0 Å². The highest BCUT2D eigenvalue weighted by Crippen LogP contribution is 2.29. The molecule has 21 heavy (non-hydrogen) atoms. The fourth-order valence-electron chi connectivity index (χ4n) is 2.68. The molecule has 3 rings (SSSR count). The normalized spacial score (nSPS) is 14.7. The topological polar surface area (TPSA) is 63.8 Å². The van der Waals surface area contributed by atoms with Crippen molar-refractivity contribution in [1.29, 1.82) is 0 Å². The first kappa shape index (κ1) is 14.4. The molecule has 0 amide bonds. The number of aromatic nitrogens is 2. The average Bonchev–Trinajstić information content (AvgIpc) is 3.14. The molecule has 2 aromatic rings. The van der Waals surface area contributed by atoms with Gasteiger partial charge in [-0.15, -0.1) is 11.3 Å². The van der Waals surface area contributed by atoms with Gasteiger partial charge in [-0.1, -0.05) is 19.1 Å². The maximum atomic E-state index is 5.88. The van der Waals surface area contributed by atoms with Gasteiger partial charge in [0.1, 0.15) is 15.8 Å². The predicted molar refractivity (Wildman–Crippen MR) is 90.9 cm³/mol. The summed E-state index contributed by atoms with van der Waals surface area (Å²) in [4.78, 5) is 9.56. The molecule has 1 unspecified atom stereocenters. The molecule has 0 bridgehead atoms. The maximum absolute atomic E-state index is 5.88. The van der Waals surface area contributed by atoms with E-state index in [1.54, 1.807) is 11.3 Å². The van der Waals surface area contributed by atoms with Gasteiger partial charge in [0.25, 0.3) is 0 Å². The molecule has 0 aromatic carbocycles. The third kappa shape index (κ3) is 2.91. The van der Waals surface area contributed by atoms with E-state index in [1.165, 1.54) is 11.3 Å². The number of nitrogens with one attached hydrogen (secondary N) is 1. The molecule has 0 saturated heterocycles. The largest absolute Gasteiger partial charge is 0.389 e. The SMILES string of the molecule is CCC(Nc1nc2c(cc1C(N)=S)CCC2)c1nccs1. The van der Waals surface area contributed by atoms with Gasteiger partial charge in [0.15, 0.2) is 0 Å². The molecule has 1 aliphatic rings. The fraction of sp³-hybridized carbons (Fsp3) is 0.400. The van der Waals surface area contributed by atoms with Gasteiger partial charge in [0.05, 0.1) is 11.6 Å². The maximum Gasteiger partial charge on any atom is 0.137 e. The summed E-state index contributed by atoms with van der Waals surface area (Å²) in [6.07, 6.45) is 6.03. The third-order valence-corrected chi connectivity index (χ3v) is 4.89. The predicted octanol–water partition coefficient (Wildman–Crippen LogP) is 3.22. The lowest BCUT2D eigenvalue weighted by atomic mass is 10.1. The van der Waals surface area contributed by atoms with Gasteiger partial charge in [-0.05, 0) is 37.3 Å². The molecule has 0 aliphatic heterocycles. The van der Waals surface area contributed by atoms with Crippen molar-refractivity contribution in [2.24, 2.45) is 5.73 Å². The van der Waals surface area contributed by atoms with Gasteiger partial charge in [0.2, 0.25) is 0 Å². The van der Waals surface area contributed by atoms with Crippen LogP contribution in [0, 0.1) is 0 Å². The number of thiocarbonyl (C=S) groups is 1. The highest BCUT2D eigenvalue weighted by molar-refractivity contribution is 7.80. The van der Waals surface area contributed by atoms with Gasteiger partial charge in [-0.25, -0.2) is 9.97 Å². The van der Waals surface area contributed by atoms with Crippen LogP contribution in [0.25, 0.3) is 0 Å². The third-order valence-electron chi connectivity index (χ3n) is 3.78. The Morgan fingerprint density at radius 3 is 3.05 bits per heavy atom. The minimum atomic E-state index is 0.144. The Labute approximate surface area is 133 Å². The minimum Gasteiger partial charge on any atom is -0.389 e. The minimum absolute atomic E-state index is 0.144. The van der Waals surface area contributed by atoms with Crippen LogP contribution >= 0.6 is 23.6 Å². The van der Waals surface area contributed by atoms with E-state index in [9.17, 15) is 0 Å². The molecular weight excluding hydrogens is 300 g/mol. The van der Waals surface area contributed by atoms with Crippen molar-refractivity contribution in [2.75, 3.05) is 5.32 Å². The van der Waals surface area contributed by atoms with Crippen molar-refractivity contribution in [3.8, 4) is 0 Å². The number of fused-ring (bicyclic) bond motifs is 1. The van der Waals surface area contributed by atoms with Crippen LogP contribution in [0.5, 0.6) is 0 Å². The van der Waals surface area contributed by atoms with Crippen molar-refractivity contribution in [3.05, 3.63) is 39.5 Å². The summed E-state index contributed by atoms with van der Waals surface area (Å²) in [5.74, 6) is 0.796.